The van der Waals surface area contributed by atoms with E-state index in [-0.39, 0.29) is 5.75 Å². The number of nitrogens with one attached hydrogen (secondary N) is 1. The van der Waals surface area contributed by atoms with Crippen molar-refractivity contribution in [2.24, 2.45) is 5.10 Å². The first kappa shape index (κ1) is 29.7. The molecule has 0 aliphatic heterocycles. The van der Waals surface area contributed by atoms with Gasteiger partial charge in [-0.15, -0.1) is 0 Å². The number of esters is 1. The van der Waals surface area contributed by atoms with E-state index >= 15 is 0 Å². The Balaban J connectivity index is 1.26. The molecule has 1 unspecified atom stereocenters. The van der Waals surface area contributed by atoms with Gasteiger partial charge in [0.15, 0.2) is 17.6 Å². The van der Waals surface area contributed by atoms with Crippen LogP contribution < -0.4 is 29.1 Å². The molecule has 9 nitrogen and oxygen atoms in total. The molecule has 0 spiro atoms. The maximum atomic E-state index is 12.6. The van der Waals surface area contributed by atoms with Crippen molar-refractivity contribution < 1.29 is 33.3 Å². The van der Waals surface area contributed by atoms with Gasteiger partial charge in [0, 0.05) is 0 Å². The number of hydrogen-bond donors (Lipinski definition) is 1. The molecule has 0 fully saturated rings. The van der Waals surface area contributed by atoms with Crippen LogP contribution in [0.2, 0.25) is 0 Å². The summed E-state index contributed by atoms with van der Waals surface area (Å²) in [4.78, 5) is 25.1. The quantitative estimate of drug-likeness (QED) is 0.0939. The number of rotatable bonds is 13. The van der Waals surface area contributed by atoms with E-state index in [1.807, 2.05) is 37.3 Å². The molecule has 0 heterocycles. The van der Waals surface area contributed by atoms with Crippen LogP contribution in [0, 0.1) is 0 Å². The van der Waals surface area contributed by atoms with E-state index < -0.39 is 18.0 Å². The van der Waals surface area contributed by atoms with E-state index in [1.165, 1.54) is 13.3 Å². The van der Waals surface area contributed by atoms with Crippen LogP contribution in [-0.2, 0) is 11.4 Å². The number of carbonyl (C=O) groups is 2. The fourth-order valence-electron chi connectivity index (χ4n) is 3.74. The summed E-state index contributed by atoms with van der Waals surface area (Å²) >= 11 is 0. The molecule has 42 heavy (non-hydrogen) atoms. The molecule has 4 aromatic rings. The highest BCUT2D eigenvalue weighted by atomic mass is 16.6. The van der Waals surface area contributed by atoms with Crippen LogP contribution in [0.5, 0.6) is 28.7 Å². The number of hydrogen-bond acceptors (Lipinski definition) is 8. The van der Waals surface area contributed by atoms with Gasteiger partial charge in [0.1, 0.15) is 23.9 Å². The van der Waals surface area contributed by atoms with Gasteiger partial charge in [-0.05, 0) is 91.7 Å². The molecule has 1 N–H and O–H groups in total. The molecule has 0 aromatic heterocycles. The third kappa shape index (κ3) is 8.59. The second-order valence-electron chi connectivity index (χ2n) is 9.00. The largest absolute Gasteiger partial charge is 0.494 e. The zero-order valence-electron chi connectivity index (χ0n) is 23.6. The standard InChI is InChI=1S/C33H32N2O7/c1-4-39-27-13-11-26(12-14-27)33(37)42-30-19-10-25(20-31(30)38-3)21-34-35-32(36)23(2)41-29-17-15-28(16-18-29)40-22-24-8-6-5-7-9-24/h5-21,23H,4,22H2,1-3H3,(H,35,36). The number of methoxy groups -OCH3 is 1. The maximum absolute atomic E-state index is 12.6. The predicted octanol–water partition coefficient (Wildman–Crippen LogP) is 5.81. The zero-order chi connectivity index (χ0) is 29.7. The van der Waals surface area contributed by atoms with Crippen LogP contribution in [0.15, 0.2) is 102 Å². The molecular formula is C33H32N2O7. The summed E-state index contributed by atoms with van der Waals surface area (Å²) < 4.78 is 27.8. The van der Waals surface area contributed by atoms with Gasteiger partial charge in [-0.2, -0.15) is 5.10 Å². The molecule has 1 atom stereocenters. The molecule has 4 rings (SSSR count). The Morgan fingerprint density at radius 2 is 1.50 bits per heavy atom. The van der Waals surface area contributed by atoms with Gasteiger partial charge in [-0.25, -0.2) is 10.2 Å². The van der Waals surface area contributed by atoms with Crippen molar-refractivity contribution in [3.05, 3.63) is 114 Å². The SMILES string of the molecule is CCOc1ccc(C(=O)Oc2ccc(C=NNC(=O)C(C)Oc3ccc(OCc4ccccc4)cc3)cc2OC)cc1. The van der Waals surface area contributed by atoms with Crippen LogP contribution >= 0.6 is 0 Å². The Morgan fingerprint density at radius 3 is 2.19 bits per heavy atom. The lowest BCUT2D eigenvalue weighted by Gasteiger charge is -2.13. The maximum Gasteiger partial charge on any atom is 0.343 e. The fraction of sp³-hybridized carbons (Fsp3) is 0.182. The second-order valence-corrected chi connectivity index (χ2v) is 9.00. The molecule has 0 bridgehead atoms. The molecule has 0 aliphatic carbocycles. The van der Waals surface area contributed by atoms with E-state index in [0.717, 1.165) is 5.56 Å². The summed E-state index contributed by atoms with van der Waals surface area (Å²) in [5.74, 6) is 1.50. The monoisotopic (exact) mass is 568 g/mol. The molecule has 9 heteroatoms. The lowest BCUT2D eigenvalue weighted by atomic mass is 10.2. The minimum atomic E-state index is -0.794. The molecule has 1 amide bonds. The van der Waals surface area contributed by atoms with Crippen LogP contribution in [0.3, 0.4) is 0 Å². The number of nitrogens with zero attached hydrogens (tertiary/aromatic N) is 1. The average molecular weight is 569 g/mol. The fourth-order valence-corrected chi connectivity index (χ4v) is 3.74. The first-order chi connectivity index (χ1) is 20.4. The number of hydrazone groups is 1. The Hall–Kier alpha value is -5.31. The summed E-state index contributed by atoms with van der Waals surface area (Å²) in [6, 6.07) is 28.5. The van der Waals surface area contributed by atoms with Crippen molar-refractivity contribution >= 4 is 18.1 Å². The van der Waals surface area contributed by atoms with Crippen LogP contribution in [0.4, 0.5) is 0 Å². The second kappa shape index (κ2) is 14.9. The average Bonchev–Trinajstić information content (AvgIpc) is 3.02. The minimum absolute atomic E-state index is 0.246. The number of ether oxygens (including phenoxy) is 5. The molecule has 0 saturated heterocycles. The van der Waals surface area contributed by atoms with E-state index in [2.05, 4.69) is 10.5 Å². The smallest absolute Gasteiger partial charge is 0.343 e. The Bertz CT molecular complexity index is 1490. The van der Waals surface area contributed by atoms with Gasteiger partial charge in [0.05, 0.1) is 25.5 Å². The molecule has 4 aromatic carbocycles. The van der Waals surface area contributed by atoms with E-state index in [4.69, 9.17) is 23.7 Å². The van der Waals surface area contributed by atoms with Crippen molar-refractivity contribution in [1.29, 1.82) is 0 Å². The van der Waals surface area contributed by atoms with E-state index in [1.54, 1.807) is 73.7 Å². The lowest BCUT2D eigenvalue weighted by molar-refractivity contribution is -0.127. The summed E-state index contributed by atoms with van der Waals surface area (Å²) in [5.41, 5.74) is 4.53. The molecular weight excluding hydrogens is 536 g/mol. The van der Waals surface area contributed by atoms with Crippen molar-refractivity contribution in [1.82, 2.24) is 5.43 Å². The third-order valence-corrected chi connectivity index (χ3v) is 5.93. The van der Waals surface area contributed by atoms with Crippen molar-refractivity contribution in [3.63, 3.8) is 0 Å². The minimum Gasteiger partial charge on any atom is -0.494 e. The van der Waals surface area contributed by atoms with Crippen molar-refractivity contribution in [2.75, 3.05) is 13.7 Å². The summed E-state index contributed by atoms with van der Waals surface area (Å²) in [7, 11) is 1.47. The third-order valence-electron chi connectivity index (χ3n) is 5.93. The van der Waals surface area contributed by atoms with Gasteiger partial charge >= 0.3 is 5.97 Å². The first-order valence-electron chi connectivity index (χ1n) is 13.3. The van der Waals surface area contributed by atoms with Gasteiger partial charge < -0.3 is 23.7 Å². The van der Waals surface area contributed by atoms with Crippen LogP contribution in [-0.4, -0.2) is 37.9 Å². The molecule has 0 aliphatic rings. The number of benzene rings is 4. The topological polar surface area (TPSA) is 105 Å². The normalized spacial score (nSPS) is 11.4. The van der Waals surface area contributed by atoms with Crippen LogP contribution in [0.25, 0.3) is 0 Å². The van der Waals surface area contributed by atoms with E-state index in [0.29, 0.717) is 47.3 Å². The van der Waals surface area contributed by atoms with Gasteiger partial charge in [-0.1, -0.05) is 30.3 Å². The highest BCUT2D eigenvalue weighted by molar-refractivity contribution is 5.92. The summed E-state index contributed by atoms with van der Waals surface area (Å²) in [5, 5.41) is 4.01. The highest BCUT2D eigenvalue weighted by Crippen LogP contribution is 2.28. The lowest BCUT2D eigenvalue weighted by Crippen LogP contribution is -2.33. The van der Waals surface area contributed by atoms with Crippen molar-refractivity contribution in [3.8, 4) is 28.7 Å². The van der Waals surface area contributed by atoms with Gasteiger partial charge in [-0.3, -0.25) is 4.79 Å². The summed E-state index contributed by atoms with van der Waals surface area (Å²) in [6.45, 7) is 4.51. The number of amides is 1. The molecule has 0 radical (unpaired) electrons. The molecule has 216 valence electrons. The highest BCUT2D eigenvalue weighted by Gasteiger charge is 2.15. The van der Waals surface area contributed by atoms with Gasteiger partial charge in [0.2, 0.25) is 0 Å². The first-order valence-corrected chi connectivity index (χ1v) is 13.3. The predicted molar refractivity (Wildman–Crippen MR) is 159 cm³/mol. The number of carbonyl (C=O) groups excluding carboxylic acids is 2. The zero-order valence-corrected chi connectivity index (χ0v) is 23.6. The van der Waals surface area contributed by atoms with Crippen molar-refractivity contribution in [2.45, 2.75) is 26.6 Å². The van der Waals surface area contributed by atoms with Crippen LogP contribution in [0.1, 0.15) is 35.3 Å². The van der Waals surface area contributed by atoms with Gasteiger partial charge in [0.25, 0.3) is 5.91 Å². The Kier molecular flexibility index (Phi) is 10.5. The van der Waals surface area contributed by atoms with E-state index in [9.17, 15) is 9.59 Å². The Morgan fingerprint density at radius 1 is 0.833 bits per heavy atom. The molecule has 0 saturated carbocycles. The Labute approximate surface area is 244 Å². The summed E-state index contributed by atoms with van der Waals surface area (Å²) in [6.07, 6.45) is 0.654.